The highest BCUT2D eigenvalue weighted by Crippen LogP contribution is 2.52. The molecule has 1 unspecified atom stereocenters. The molecule has 6 rings (SSSR count). The fourth-order valence-electron chi connectivity index (χ4n) is 8.70. The van der Waals surface area contributed by atoms with Crippen LogP contribution in [0.15, 0.2) is 60.7 Å². The van der Waals surface area contributed by atoms with Gasteiger partial charge in [-0.2, -0.15) is 0 Å². The molecule has 3 N–H and O–H groups in total. The molecule has 1 aromatic rings. The van der Waals surface area contributed by atoms with Gasteiger partial charge in [0.1, 0.15) is 23.2 Å². The Kier molecular flexibility index (Phi) is 12.9. The molecule has 6 atom stereocenters. The van der Waals surface area contributed by atoms with Gasteiger partial charge in [0.15, 0.2) is 0 Å². The molecule has 2 heterocycles. The first kappa shape index (κ1) is 44.8. The molecular formula is C44H60F2N4O7S2. The van der Waals surface area contributed by atoms with Crippen molar-refractivity contribution in [2.45, 2.75) is 145 Å². The Labute approximate surface area is 352 Å². The van der Waals surface area contributed by atoms with E-state index in [1.807, 2.05) is 30.3 Å². The molecule has 1 saturated heterocycles. The monoisotopic (exact) mass is 858 g/mol. The number of allylic oxidation sites excluding steroid dienone is 5. The van der Waals surface area contributed by atoms with Crippen LogP contribution in [-0.2, 0) is 29.1 Å². The number of rotatable bonds is 5. The van der Waals surface area contributed by atoms with Gasteiger partial charge >= 0.3 is 6.09 Å². The number of hydrogen-bond donors (Lipinski definition) is 3. The van der Waals surface area contributed by atoms with Crippen molar-refractivity contribution in [1.29, 1.82) is 0 Å². The predicted molar refractivity (Wildman–Crippen MR) is 226 cm³/mol. The number of benzene rings is 1. The average Bonchev–Trinajstić information content (AvgIpc) is 4.07. The van der Waals surface area contributed by atoms with Crippen molar-refractivity contribution < 1.29 is 41.1 Å². The number of halogens is 2. The highest BCUT2D eigenvalue weighted by Gasteiger charge is 2.68. The molecule has 59 heavy (non-hydrogen) atoms. The molecule has 2 spiro atoms. The average molecular weight is 859 g/mol. The van der Waals surface area contributed by atoms with E-state index >= 15 is 4.79 Å². The molecule has 15 heteroatoms. The lowest BCUT2D eigenvalue weighted by atomic mass is 9.82. The van der Waals surface area contributed by atoms with Gasteiger partial charge in [0.2, 0.25) is 28.3 Å². The molecule has 3 aliphatic carbocycles. The normalized spacial score (nSPS) is 30.9. The summed E-state index contributed by atoms with van der Waals surface area (Å²) in [7, 11) is -4.26. The Morgan fingerprint density at radius 1 is 0.983 bits per heavy atom. The summed E-state index contributed by atoms with van der Waals surface area (Å²) in [6, 6.07) is 7.52. The summed E-state index contributed by atoms with van der Waals surface area (Å²) >= 11 is 1.62. The highest BCUT2D eigenvalue weighted by atomic mass is 32.2. The van der Waals surface area contributed by atoms with Gasteiger partial charge in [-0.05, 0) is 94.6 Å². The standard InChI is InChI=1S/C44H60F2N4O7S2/c1-40(2,3)34(47-39(54)57-41(4,5)6)37(52)50-28-43(31-20-18-30(19-21-31)29-16-12-11-13-17-29)27-33(50)36(51)48-44(26-32(44)35(45)46)38(53)49-59(55,56)42(23-24-42)22-14-9-7-8-10-15-25-58-43/h10-13,15-20,31-35H,7-9,14,21-28H2,1-6H3,(H,47,54)(H,48,51)(H,49,53)/b15-10-/t31?,32-,33-,34+,43-,44+/m0/s1. The molecule has 5 aliphatic rings. The van der Waals surface area contributed by atoms with E-state index in [2.05, 4.69) is 45.7 Å². The Bertz CT molecular complexity index is 1970. The first-order valence-electron chi connectivity index (χ1n) is 20.8. The number of amides is 4. The summed E-state index contributed by atoms with van der Waals surface area (Å²) < 4.78 is 62.2. The number of carbonyl (C=O) groups excluding carboxylic acids is 4. The van der Waals surface area contributed by atoms with E-state index in [1.54, 1.807) is 53.3 Å². The van der Waals surface area contributed by atoms with Crippen LogP contribution >= 0.6 is 11.8 Å². The summed E-state index contributed by atoms with van der Waals surface area (Å²) in [6.07, 6.45) is 11.0. The van der Waals surface area contributed by atoms with E-state index in [0.29, 0.717) is 37.9 Å². The van der Waals surface area contributed by atoms with Gasteiger partial charge in [-0.15, -0.1) is 11.8 Å². The van der Waals surface area contributed by atoms with Gasteiger partial charge < -0.3 is 20.3 Å². The third kappa shape index (κ3) is 9.92. The van der Waals surface area contributed by atoms with E-state index < -0.39 is 90.7 Å². The number of likely N-dealkylation sites (tertiary alicyclic amines) is 1. The Hall–Kier alpha value is -3.72. The minimum absolute atomic E-state index is 0.0723. The van der Waals surface area contributed by atoms with Crippen molar-refractivity contribution in [2.24, 2.45) is 17.3 Å². The zero-order chi connectivity index (χ0) is 43.0. The van der Waals surface area contributed by atoms with Gasteiger partial charge in [0.25, 0.3) is 5.91 Å². The van der Waals surface area contributed by atoms with Crippen molar-refractivity contribution in [3.63, 3.8) is 0 Å². The summed E-state index contributed by atoms with van der Waals surface area (Å²) in [5.74, 6) is -3.82. The highest BCUT2D eigenvalue weighted by molar-refractivity contribution is 8.00. The molecular weight excluding hydrogens is 799 g/mol. The summed E-state index contributed by atoms with van der Waals surface area (Å²) in [5, 5.41) is 5.35. The number of alkyl carbamates (subject to hydrolysis) is 1. The number of ether oxygens (including phenoxy) is 1. The number of thioether (sulfide) groups is 1. The predicted octanol–water partition coefficient (Wildman–Crippen LogP) is 7.30. The van der Waals surface area contributed by atoms with Crippen LogP contribution in [0.2, 0.25) is 0 Å². The van der Waals surface area contributed by atoms with Crippen LogP contribution in [0.3, 0.4) is 0 Å². The number of hydrogen-bond acceptors (Lipinski definition) is 8. The van der Waals surface area contributed by atoms with Crippen LogP contribution < -0.4 is 15.4 Å². The molecule has 4 amide bonds. The molecule has 2 saturated carbocycles. The number of carbonyl (C=O) groups is 4. The van der Waals surface area contributed by atoms with Crippen molar-refractivity contribution in [3.8, 4) is 0 Å². The third-order valence-electron chi connectivity index (χ3n) is 12.4. The quantitative estimate of drug-likeness (QED) is 0.261. The second kappa shape index (κ2) is 17.0. The fraction of sp³-hybridized carbons (Fsp3) is 0.636. The zero-order valence-corrected chi connectivity index (χ0v) is 36.7. The number of nitrogens with zero attached hydrogens (tertiary/aromatic N) is 1. The molecule has 0 aromatic heterocycles. The van der Waals surface area contributed by atoms with E-state index in [0.717, 1.165) is 30.4 Å². The van der Waals surface area contributed by atoms with Crippen LogP contribution in [-0.4, -0.2) is 88.6 Å². The van der Waals surface area contributed by atoms with Crippen LogP contribution in [0.25, 0.3) is 5.57 Å². The Morgan fingerprint density at radius 2 is 1.69 bits per heavy atom. The maximum Gasteiger partial charge on any atom is 0.408 e. The summed E-state index contributed by atoms with van der Waals surface area (Å²) in [5.41, 5.74) is -1.84. The zero-order valence-electron chi connectivity index (χ0n) is 35.0. The number of sulfonamides is 1. The molecule has 2 aliphatic heterocycles. The van der Waals surface area contributed by atoms with Crippen LogP contribution in [0, 0.1) is 17.3 Å². The van der Waals surface area contributed by atoms with Gasteiger partial charge in [0, 0.05) is 17.0 Å². The van der Waals surface area contributed by atoms with Crippen molar-refractivity contribution >= 4 is 51.2 Å². The molecule has 2 bridgehead atoms. The first-order chi connectivity index (χ1) is 27.6. The minimum Gasteiger partial charge on any atom is -0.444 e. The molecule has 3 fully saturated rings. The smallest absolute Gasteiger partial charge is 0.408 e. The summed E-state index contributed by atoms with van der Waals surface area (Å²) in [4.78, 5) is 58.4. The maximum absolute atomic E-state index is 15.0. The van der Waals surface area contributed by atoms with Gasteiger partial charge in [-0.25, -0.2) is 22.0 Å². The van der Waals surface area contributed by atoms with Gasteiger partial charge in [0.05, 0.1) is 10.7 Å². The lowest BCUT2D eigenvalue weighted by molar-refractivity contribution is -0.143. The second-order valence-corrected chi connectivity index (χ2v) is 22.5. The van der Waals surface area contributed by atoms with E-state index in [-0.39, 0.29) is 18.9 Å². The topological polar surface area (TPSA) is 151 Å². The van der Waals surface area contributed by atoms with Crippen molar-refractivity contribution in [3.05, 3.63) is 66.3 Å². The molecule has 11 nitrogen and oxygen atoms in total. The van der Waals surface area contributed by atoms with Crippen molar-refractivity contribution in [2.75, 3.05) is 12.3 Å². The van der Waals surface area contributed by atoms with E-state index in [1.165, 1.54) is 4.90 Å². The Balaban J connectivity index is 1.40. The fourth-order valence-corrected chi connectivity index (χ4v) is 11.9. The molecule has 324 valence electrons. The van der Waals surface area contributed by atoms with Crippen LogP contribution in [0.1, 0.15) is 111 Å². The lowest BCUT2D eigenvalue weighted by Crippen LogP contribution is -2.60. The first-order valence-corrected chi connectivity index (χ1v) is 23.3. The number of nitrogens with one attached hydrogen (secondary N) is 3. The minimum atomic E-state index is -4.26. The van der Waals surface area contributed by atoms with Gasteiger partial charge in [-0.1, -0.05) is 94.3 Å². The van der Waals surface area contributed by atoms with Crippen molar-refractivity contribution in [1.82, 2.24) is 20.3 Å². The maximum atomic E-state index is 15.0. The summed E-state index contributed by atoms with van der Waals surface area (Å²) in [6.45, 7) is 10.5. The molecule has 0 radical (unpaired) electrons. The van der Waals surface area contributed by atoms with E-state index in [4.69, 9.17) is 4.74 Å². The number of fused-ring (bicyclic) bond motifs is 2. The Morgan fingerprint density at radius 3 is 2.29 bits per heavy atom. The van der Waals surface area contributed by atoms with E-state index in [9.17, 15) is 31.6 Å². The van der Waals surface area contributed by atoms with Crippen LogP contribution in [0.5, 0.6) is 0 Å². The van der Waals surface area contributed by atoms with Gasteiger partial charge in [-0.3, -0.25) is 19.1 Å². The lowest BCUT2D eigenvalue weighted by Gasteiger charge is -2.38. The SMILES string of the molecule is CC(C)(C)OC(=O)N[C@H](C(=O)N1C[C@]2(C3C=CC(c4ccccc4)=CC3)C[C@H]1C(=O)N[C@@]1(C[C@H]1C(F)F)C(=O)NS(=O)(=O)C1(CCCCC/C=C\CS2)CC1)C(C)(C)C. The number of alkyl halides is 2. The largest absolute Gasteiger partial charge is 0.444 e. The van der Waals surface area contributed by atoms with Crippen LogP contribution in [0.4, 0.5) is 13.6 Å². The second-order valence-electron chi connectivity index (χ2n) is 19.0. The molecule has 1 aromatic carbocycles. The third-order valence-corrected chi connectivity index (χ3v) is 16.1.